The lowest BCUT2D eigenvalue weighted by Gasteiger charge is -2.09. The van der Waals surface area contributed by atoms with Gasteiger partial charge in [0.1, 0.15) is 4.90 Å². The lowest BCUT2D eigenvalue weighted by Crippen LogP contribution is -2.07. The highest BCUT2D eigenvalue weighted by molar-refractivity contribution is 7.94. The van der Waals surface area contributed by atoms with Crippen LogP contribution in [0, 0.1) is 0 Å². The molecule has 0 saturated heterocycles. The molecule has 0 aliphatic rings. The van der Waals surface area contributed by atoms with Crippen molar-refractivity contribution in [2.45, 2.75) is 16.7 Å². The fourth-order valence-electron chi connectivity index (χ4n) is 1.78. The number of rotatable bonds is 5. The van der Waals surface area contributed by atoms with Crippen LogP contribution in [0.3, 0.4) is 0 Å². The first-order valence-corrected chi connectivity index (χ1v) is 7.88. The van der Waals surface area contributed by atoms with E-state index in [9.17, 15) is 17.8 Å². The molecule has 0 atom stereocenters. The van der Waals surface area contributed by atoms with Gasteiger partial charge in [-0.25, -0.2) is 5.26 Å². The zero-order valence-corrected chi connectivity index (χ0v) is 12.7. The Morgan fingerprint density at radius 1 is 1.18 bits per heavy atom. The Morgan fingerprint density at radius 2 is 1.91 bits per heavy atom. The third-order valence-corrected chi connectivity index (χ3v) is 4.02. The molecule has 0 aromatic heterocycles. The molecule has 8 nitrogen and oxygen atoms in total. The van der Waals surface area contributed by atoms with Gasteiger partial charge >= 0.3 is 5.97 Å². The lowest BCUT2D eigenvalue weighted by atomic mass is 10.1. The van der Waals surface area contributed by atoms with Crippen LogP contribution in [0.5, 0.6) is 5.75 Å². The molecule has 2 rings (SSSR count). The van der Waals surface area contributed by atoms with Gasteiger partial charge in [-0.15, -0.1) is 4.33 Å². The Kier molecular flexibility index (Phi) is 5.01. The second-order valence-corrected chi connectivity index (χ2v) is 6.27. The molecule has 10 heteroatoms. The predicted molar refractivity (Wildman–Crippen MR) is 75.7 cm³/mol. The topological polar surface area (TPSA) is 119 Å². The molecule has 0 bridgehead atoms. The minimum atomic E-state index is -4.58. The van der Waals surface area contributed by atoms with Crippen LogP contribution >= 0.6 is 12.0 Å². The molecule has 118 valence electrons. The molecule has 0 fully saturated rings. The van der Waals surface area contributed by atoms with Crippen molar-refractivity contribution in [2.75, 3.05) is 0 Å². The van der Waals surface area contributed by atoms with E-state index in [4.69, 9.17) is 9.99 Å². The summed E-state index contributed by atoms with van der Waals surface area (Å²) in [4.78, 5) is 11.0. The molecule has 0 spiro atoms. The van der Waals surface area contributed by atoms with Crippen LogP contribution in [-0.4, -0.2) is 24.2 Å². The maximum Gasteiger partial charge on any atom is 0.308 e. The molecule has 2 N–H and O–H groups in total. The zero-order valence-electron chi connectivity index (χ0n) is 11.0. The second kappa shape index (κ2) is 6.60. The van der Waals surface area contributed by atoms with Gasteiger partial charge in [0.05, 0.1) is 12.0 Å². The smallest absolute Gasteiger partial charge is 0.308 e. The highest BCUT2D eigenvalue weighted by Crippen LogP contribution is 2.32. The van der Waals surface area contributed by atoms with Crippen molar-refractivity contribution in [3.05, 3.63) is 30.3 Å². The first-order valence-electron chi connectivity index (χ1n) is 5.70. The molecule has 0 saturated carbocycles. The van der Waals surface area contributed by atoms with E-state index in [0.717, 1.165) is 13.0 Å². The largest absolute Gasteiger partial charge is 0.425 e. The number of carbonyl (C=O) groups is 1. The van der Waals surface area contributed by atoms with E-state index < -0.39 is 21.0 Å². The summed E-state index contributed by atoms with van der Waals surface area (Å²) in [5, 5.41) is 12.6. The van der Waals surface area contributed by atoms with E-state index in [1.165, 1.54) is 12.1 Å². The summed E-state index contributed by atoms with van der Waals surface area (Å²) in [6, 6.07) is 7.23. The Labute approximate surface area is 129 Å². The number of hydrogen-bond donors (Lipinski definition) is 2. The molecule has 0 aliphatic heterocycles. The maximum absolute atomic E-state index is 11.4. The second-order valence-electron chi connectivity index (χ2n) is 4.10. The summed E-state index contributed by atoms with van der Waals surface area (Å²) < 4.78 is 41.2. The summed E-state index contributed by atoms with van der Waals surface area (Å²) in [6.45, 7) is 1.12. The predicted octanol–water partition coefficient (Wildman–Crippen LogP) is 2.44. The molecule has 22 heavy (non-hydrogen) atoms. The third kappa shape index (κ3) is 3.94. The number of hydrogen-bond acceptors (Lipinski definition) is 8. The van der Waals surface area contributed by atoms with Gasteiger partial charge in [0, 0.05) is 11.8 Å². The van der Waals surface area contributed by atoms with Crippen LogP contribution in [0.15, 0.2) is 40.1 Å². The lowest BCUT2D eigenvalue weighted by molar-refractivity contribution is -0.432. The Balaban J connectivity index is 2.59. The summed E-state index contributed by atoms with van der Waals surface area (Å²) in [5.41, 5.74) is 0. The summed E-state index contributed by atoms with van der Waals surface area (Å²) in [5.74, 6) is -0.984. The molecular weight excluding hydrogens is 336 g/mol. The highest BCUT2D eigenvalue weighted by atomic mass is 32.2. The minimum Gasteiger partial charge on any atom is -0.425 e. The van der Waals surface area contributed by atoms with Gasteiger partial charge in [-0.05, 0) is 35.0 Å². The zero-order chi connectivity index (χ0) is 16.3. The van der Waals surface area contributed by atoms with Crippen molar-refractivity contribution in [3.8, 4) is 5.75 Å². The molecule has 0 radical (unpaired) electrons. The van der Waals surface area contributed by atoms with Crippen molar-refractivity contribution in [3.63, 3.8) is 0 Å². The molecule has 2 aromatic rings. The van der Waals surface area contributed by atoms with Crippen molar-refractivity contribution < 1.29 is 37.1 Å². The number of ether oxygens (including phenoxy) is 1. The minimum absolute atomic E-state index is 0.266. The normalized spacial score (nSPS) is 11.6. The SMILES string of the molecule is CC(=O)Oc1cc2ccc(SOOO)cc2cc1S(=O)(=O)O. The number of fused-ring (bicyclic) bond motifs is 1. The van der Waals surface area contributed by atoms with E-state index in [1.54, 1.807) is 12.1 Å². The monoisotopic (exact) mass is 346 g/mol. The van der Waals surface area contributed by atoms with Crippen molar-refractivity contribution in [2.24, 2.45) is 0 Å². The molecular formula is C12H10O8S2. The molecule has 0 unspecified atom stereocenters. The van der Waals surface area contributed by atoms with E-state index in [0.29, 0.717) is 27.7 Å². The average Bonchev–Trinajstić information content (AvgIpc) is 2.42. The summed E-state index contributed by atoms with van der Waals surface area (Å²) in [7, 11) is -4.58. The van der Waals surface area contributed by atoms with Gasteiger partial charge in [0.2, 0.25) is 0 Å². The molecule has 0 heterocycles. The summed E-state index contributed by atoms with van der Waals surface area (Å²) >= 11 is 0.694. The van der Waals surface area contributed by atoms with E-state index in [2.05, 4.69) is 9.37 Å². The maximum atomic E-state index is 11.4. The van der Waals surface area contributed by atoms with E-state index in [1.807, 2.05) is 0 Å². The van der Waals surface area contributed by atoms with Gasteiger partial charge in [-0.2, -0.15) is 8.42 Å². The number of carbonyl (C=O) groups excluding carboxylic acids is 1. The first kappa shape index (κ1) is 16.7. The van der Waals surface area contributed by atoms with Crippen LogP contribution in [0.1, 0.15) is 6.92 Å². The van der Waals surface area contributed by atoms with Crippen LogP contribution in [0.2, 0.25) is 0 Å². The summed E-state index contributed by atoms with van der Waals surface area (Å²) in [6.07, 6.45) is 0. The van der Waals surface area contributed by atoms with Crippen LogP contribution in [0.4, 0.5) is 0 Å². The third-order valence-electron chi connectivity index (χ3n) is 2.57. The van der Waals surface area contributed by atoms with Gasteiger partial charge in [0.15, 0.2) is 5.75 Å². The number of esters is 1. The Hall–Kier alpha value is -1.69. The van der Waals surface area contributed by atoms with Gasteiger partial charge in [-0.3, -0.25) is 9.35 Å². The first-order chi connectivity index (χ1) is 10.3. The fourth-order valence-corrected chi connectivity index (χ4v) is 2.81. The van der Waals surface area contributed by atoms with E-state index in [-0.39, 0.29) is 5.75 Å². The van der Waals surface area contributed by atoms with Gasteiger partial charge < -0.3 is 4.74 Å². The van der Waals surface area contributed by atoms with Crippen molar-refractivity contribution in [1.82, 2.24) is 0 Å². The van der Waals surface area contributed by atoms with E-state index >= 15 is 0 Å². The Morgan fingerprint density at radius 3 is 2.50 bits per heavy atom. The molecule has 0 aliphatic carbocycles. The van der Waals surface area contributed by atoms with Crippen LogP contribution < -0.4 is 4.74 Å². The van der Waals surface area contributed by atoms with Crippen LogP contribution in [-0.2, 0) is 24.3 Å². The highest BCUT2D eigenvalue weighted by Gasteiger charge is 2.19. The van der Waals surface area contributed by atoms with Gasteiger partial charge in [0.25, 0.3) is 10.1 Å². The molecule has 2 aromatic carbocycles. The van der Waals surface area contributed by atoms with Crippen LogP contribution in [0.25, 0.3) is 10.8 Å². The molecule has 0 amide bonds. The fraction of sp³-hybridized carbons (Fsp3) is 0.0833. The van der Waals surface area contributed by atoms with Crippen molar-refractivity contribution in [1.29, 1.82) is 0 Å². The van der Waals surface area contributed by atoms with Gasteiger partial charge in [-0.1, -0.05) is 11.1 Å². The quantitative estimate of drug-likeness (QED) is 0.210. The average molecular weight is 346 g/mol. The standard InChI is InChI=1S/C12H10O8S2/c1-7(13)18-11-5-8-2-3-10(21-20-19-14)4-9(8)6-12(11)22(15,16)17/h2-6,14H,1H3,(H,15,16,17). The number of benzene rings is 2. The van der Waals surface area contributed by atoms with Crippen molar-refractivity contribution >= 4 is 38.9 Å². The Bertz CT molecular complexity index is 815.